The molecule has 1 aliphatic rings. The van der Waals surface area contributed by atoms with Crippen LogP contribution in [0.5, 0.6) is 5.75 Å². The highest BCUT2D eigenvalue weighted by Gasteiger charge is 2.26. The minimum atomic E-state index is -0.351. The Hall–Kier alpha value is -1.82. The molecule has 0 aliphatic carbocycles. The summed E-state index contributed by atoms with van der Waals surface area (Å²) >= 11 is 5.13. The molecular formula is C12H14N2O3S. The third kappa shape index (κ3) is 3.10. The van der Waals surface area contributed by atoms with Gasteiger partial charge in [0.2, 0.25) is 0 Å². The molecule has 0 radical (unpaired) electrons. The number of ether oxygens (including phenoxy) is 2. The zero-order chi connectivity index (χ0) is 13.0. The summed E-state index contributed by atoms with van der Waals surface area (Å²) in [5.41, 5.74) is 0.804. The van der Waals surface area contributed by atoms with Crippen LogP contribution in [0.2, 0.25) is 0 Å². The lowest BCUT2D eigenvalue weighted by Gasteiger charge is -2.13. The number of nitrogens with one attached hydrogen (secondary N) is 2. The fraction of sp³-hybridized carbons (Fsp3) is 0.333. The quantitative estimate of drug-likeness (QED) is 0.635. The Balaban J connectivity index is 1.92. The Bertz CT molecular complexity index is 464. The molecule has 0 amide bonds. The number of thiocarbonyl (C=S) groups is 1. The molecule has 5 nitrogen and oxygen atoms in total. The number of carbonyl (C=O) groups excluding carboxylic acids is 1. The van der Waals surface area contributed by atoms with Crippen LogP contribution in [0.3, 0.4) is 0 Å². The summed E-state index contributed by atoms with van der Waals surface area (Å²) in [5, 5.41) is 6.31. The van der Waals surface area contributed by atoms with E-state index in [1.54, 1.807) is 7.11 Å². The second-order valence-electron chi connectivity index (χ2n) is 3.84. The van der Waals surface area contributed by atoms with Crippen molar-refractivity contribution in [2.45, 2.75) is 12.5 Å². The highest BCUT2D eigenvalue weighted by Crippen LogP contribution is 2.16. The molecule has 2 rings (SSSR count). The van der Waals surface area contributed by atoms with Gasteiger partial charge in [-0.25, -0.2) is 4.79 Å². The predicted molar refractivity (Wildman–Crippen MR) is 71.7 cm³/mol. The molecular weight excluding hydrogens is 252 g/mol. The van der Waals surface area contributed by atoms with Crippen molar-refractivity contribution in [1.82, 2.24) is 5.32 Å². The summed E-state index contributed by atoms with van der Waals surface area (Å²) in [5.74, 6) is 0.480. The number of benzene rings is 1. The van der Waals surface area contributed by atoms with Crippen molar-refractivity contribution in [2.24, 2.45) is 0 Å². The zero-order valence-corrected chi connectivity index (χ0v) is 10.8. The van der Waals surface area contributed by atoms with E-state index in [-0.39, 0.29) is 12.0 Å². The number of hydrogen-bond donors (Lipinski definition) is 2. The Morgan fingerprint density at radius 1 is 1.56 bits per heavy atom. The second kappa shape index (κ2) is 5.68. The van der Waals surface area contributed by atoms with Gasteiger partial charge in [-0.15, -0.1) is 0 Å². The summed E-state index contributed by atoms with van der Waals surface area (Å²) in [4.78, 5) is 11.3. The van der Waals surface area contributed by atoms with Crippen molar-refractivity contribution in [3.63, 3.8) is 0 Å². The van der Waals surface area contributed by atoms with Gasteiger partial charge in [-0.1, -0.05) is 6.07 Å². The van der Waals surface area contributed by atoms with Gasteiger partial charge in [-0.05, 0) is 24.4 Å². The molecule has 18 heavy (non-hydrogen) atoms. The molecule has 0 aromatic heterocycles. The third-order valence-corrected chi connectivity index (χ3v) is 2.79. The number of rotatable bonds is 3. The van der Waals surface area contributed by atoms with Crippen molar-refractivity contribution in [3.8, 4) is 5.75 Å². The number of cyclic esters (lactones) is 1. The molecule has 2 N–H and O–H groups in total. The van der Waals surface area contributed by atoms with Crippen LogP contribution in [0.4, 0.5) is 5.69 Å². The average Bonchev–Trinajstić information content (AvgIpc) is 2.75. The molecule has 1 atom stereocenters. The van der Waals surface area contributed by atoms with E-state index in [1.165, 1.54) is 0 Å². The van der Waals surface area contributed by atoms with Gasteiger partial charge in [0.25, 0.3) is 0 Å². The number of anilines is 1. The Morgan fingerprint density at radius 3 is 3.06 bits per heavy atom. The monoisotopic (exact) mass is 266 g/mol. The smallest absolute Gasteiger partial charge is 0.328 e. The molecule has 0 bridgehead atoms. The van der Waals surface area contributed by atoms with Crippen molar-refractivity contribution in [3.05, 3.63) is 24.3 Å². The fourth-order valence-electron chi connectivity index (χ4n) is 1.65. The molecule has 1 aromatic carbocycles. The van der Waals surface area contributed by atoms with Gasteiger partial charge in [0.05, 0.1) is 13.7 Å². The maximum absolute atomic E-state index is 11.3. The SMILES string of the molecule is COc1cccc(NC(=S)NC2CCOC2=O)c1. The summed E-state index contributed by atoms with van der Waals surface area (Å²) < 4.78 is 9.95. The largest absolute Gasteiger partial charge is 0.497 e. The number of esters is 1. The molecule has 1 saturated heterocycles. The lowest BCUT2D eigenvalue weighted by atomic mass is 10.2. The molecule has 96 valence electrons. The van der Waals surface area contributed by atoms with E-state index < -0.39 is 0 Å². The van der Waals surface area contributed by atoms with Crippen molar-refractivity contribution >= 4 is 29.0 Å². The molecule has 1 unspecified atom stereocenters. The summed E-state index contributed by atoms with van der Waals surface area (Å²) in [7, 11) is 1.60. The zero-order valence-electron chi connectivity index (χ0n) is 9.93. The standard InChI is InChI=1S/C12H14N2O3S/c1-16-9-4-2-3-8(7-9)13-12(18)14-10-5-6-17-11(10)15/h2-4,7,10H,5-6H2,1H3,(H2,13,14,18). The van der Waals surface area contributed by atoms with Crippen LogP contribution in [0, 0.1) is 0 Å². The Morgan fingerprint density at radius 2 is 2.39 bits per heavy atom. The van der Waals surface area contributed by atoms with E-state index in [1.807, 2.05) is 24.3 Å². The number of carbonyl (C=O) groups is 1. The average molecular weight is 266 g/mol. The maximum Gasteiger partial charge on any atom is 0.328 e. The van der Waals surface area contributed by atoms with Crippen LogP contribution in [-0.2, 0) is 9.53 Å². The van der Waals surface area contributed by atoms with E-state index in [4.69, 9.17) is 21.7 Å². The third-order valence-electron chi connectivity index (χ3n) is 2.57. The van der Waals surface area contributed by atoms with Gasteiger partial charge >= 0.3 is 5.97 Å². The minimum Gasteiger partial charge on any atom is -0.497 e. The van der Waals surface area contributed by atoms with Crippen molar-refractivity contribution in [1.29, 1.82) is 0 Å². The lowest BCUT2D eigenvalue weighted by molar-refractivity contribution is -0.139. The van der Waals surface area contributed by atoms with Crippen LogP contribution in [0.15, 0.2) is 24.3 Å². The van der Waals surface area contributed by atoms with E-state index in [0.717, 1.165) is 11.4 Å². The van der Waals surface area contributed by atoms with E-state index >= 15 is 0 Å². The topological polar surface area (TPSA) is 59.6 Å². The van der Waals surface area contributed by atoms with Gasteiger partial charge < -0.3 is 20.1 Å². The lowest BCUT2D eigenvalue weighted by Crippen LogP contribution is -2.40. The van der Waals surface area contributed by atoms with Crippen LogP contribution in [-0.4, -0.2) is 30.8 Å². The van der Waals surface area contributed by atoms with Crippen LogP contribution in [0.1, 0.15) is 6.42 Å². The second-order valence-corrected chi connectivity index (χ2v) is 4.25. The van der Waals surface area contributed by atoms with Gasteiger partial charge in [-0.2, -0.15) is 0 Å². The Kier molecular flexibility index (Phi) is 3.99. The minimum absolute atomic E-state index is 0.259. The molecule has 0 saturated carbocycles. The van der Waals surface area contributed by atoms with E-state index in [2.05, 4.69) is 10.6 Å². The summed E-state index contributed by atoms with van der Waals surface area (Å²) in [6.45, 7) is 0.443. The van der Waals surface area contributed by atoms with E-state index in [0.29, 0.717) is 18.1 Å². The van der Waals surface area contributed by atoms with Gasteiger partial charge in [-0.3, -0.25) is 0 Å². The van der Waals surface area contributed by atoms with Crippen LogP contribution in [0.25, 0.3) is 0 Å². The highest BCUT2D eigenvalue weighted by molar-refractivity contribution is 7.80. The molecule has 0 spiro atoms. The van der Waals surface area contributed by atoms with Crippen molar-refractivity contribution < 1.29 is 14.3 Å². The van der Waals surface area contributed by atoms with Crippen LogP contribution >= 0.6 is 12.2 Å². The maximum atomic E-state index is 11.3. The normalized spacial score (nSPS) is 18.1. The van der Waals surface area contributed by atoms with Gasteiger partial charge in [0.15, 0.2) is 5.11 Å². The first-order valence-electron chi connectivity index (χ1n) is 5.57. The summed E-state index contributed by atoms with van der Waals surface area (Å²) in [6.07, 6.45) is 0.638. The first kappa shape index (κ1) is 12.6. The fourth-order valence-corrected chi connectivity index (χ4v) is 1.91. The molecule has 1 aromatic rings. The van der Waals surface area contributed by atoms with Crippen molar-refractivity contribution in [2.75, 3.05) is 19.0 Å². The molecule has 6 heteroatoms. The van der Waals surface area contributed by atoms with Gasteiger partial charge in [0, 0.05) is 18.2 Å². The molecule has 1 fully saturated rings. The first-order valence-corrected chi connectivity index (χ1v) is 5.98. The molecule has 1 aliphatic heterocycles. The van der Waals surface area contributed by atoms with Crippen LogP contribution < -0.4 is 15.4 Å². The van der Waals surface area contributed by atoms with E-state index in [9.17, 15) is 4.79 Å². The molecule has 1 heterocycles. The summed E-state index contributed by atoms with van der Waals surface area (Å²) in [6, 6.07) is 7.03. The predicted octanol–water partition coefficient (Wildman–Crippen LogP) is 1.30. The highest BCUT2D eigenvalue weighted by atomic mass is 32.1. The van der Waals surface area contributed by atoms with Gasteiger partial charge in [0.1, 0.15) is 11.8 Å². The number of methoxy groups -OCH3 is 1. The first-order chi connectivity index (χ1) is 8.69. The Labute approximate surface area is 110 Å². The number of hydrogen-bond acceptors (Lipinski definition) is 4.